The van der Waals surface area contributed by atoms with Crippen molar-refractivity contribution in [3.63, 3.8) is 0 Å². The quantitative estimate of drug-likeness (QED) is 0.552. The third-order valence-corrected chi connectivity index (χ3v) is 1.36. The first-order valence-corrected chi connectivity index (χ1v) is 4.91. The minimum absolute atomic E-state index is 0.481. The number of nitrogens with two attached hydrogens (primary N) is 1. The third-order valence-electron chi connectivity index (χ3n) is 0.663. The van der Waals surface area contributed by atoms with Gasteiger partial charge in [-0.25, -0.2) is 0 Å². The van der Waals surface area contributed by atoms with Crippen LogP contribution in [0.5, 0.6) is 0 Å². The fourth-order valence-electron chi connectivity index (χ4n) is 0.251. The van der Waals surface area contributed by atoms with Crippen molar-refractivity contribution in [2.24, 2.45) is 5.73 Å². The second kappa shape index (κ2) is 9.73. The SMILES string of the molecule is CSC[C@H](N)C(=O)O.N=[SH2]=O. The smallest absolute Gasteiger partial charge is 0.321 e. The van der Waals surface area contributed by atoms with Gasteiger partial charge in [-0.15, -0.1) is 0 Å². The number of thioether (sulfide) groups is 1. The number of carbonyl (C=O) groups is 1. The average Bonchev–Trinajstić information content (AvgIpc) is 1.90. The fraction of sp³-hybridized carbons (Fsp3) is 0.750. The van der Waals surface area contributed by atoms with Gasteiger partial charge in [0.25, 0.3) is 0 Å². The predicted molar refractivity (Wildman–Crippen MR) is 47.6 cm³/mol. The van der Waals surface area contributed by atoms with E-state index in [-0.39, 0.29) is 0 Å². The van der Waals surface area contributed by atoms with Crippen molar-refractivity contribution in [2.75, 3.05) is 12.0 Å². The van der Waals surface area contributed by atoms with Gasteiger partial charge in [-0.1, -0.05) is 0 Å². The molecule has 0 aromatic carbocycles. The molecule has 0 aromatic heterocycles. The fourth-order valence-corrected chi connectivity index (χ4v) is 0.753. The first-order chi connectivity index (χ1) is 5.09. The molecule has 5 nitrogen and oxygen atoms in total. The van der Waals surface area contributed by atoms with Gasteiger partial charge in [-0.3, -0.25) is 13.8 Å². The van der Waals surface area contributed by atoms with Gasteiger partial charge in [0.2, 0.25) is 0 Å². The van der Waals surface area contributed by atoms with Crippen LogP contribution in [0.3, 0.4) is 0 Å². The number of hydrogen-bond acceptors (Lipinski definition) is 5. The molecule has 4 N–H and O–H groups in total. The van der Waals surface area contributed by atoms with Crippen molar-refractivity contribution < 1.29 is 14.1 Å². The Hall–Kier alpha value is -0.270. The van der Waals surface area contributed by atoms with Crippen LogP contribution in [0.25, 0.3) is 0 Å². The maximum absolute atomic E-state index is 9.95. The lowest BCUT2D eigenvalue weighted by molar-refractivity contribution is -0.137. The van der Waals surface area contributed by atoms with Gasteiger partial charge >= 0.3 is 5.97 Å². The molecule has 7 heteroatoms. The Morgan fingerprint density at radius 1 is 1.91 bits per heavy atom. The van der Waals surface area contributed by atoms with Gasteiger partial charge in [0.1, 0.15) is 6.04 Å². The standard InChI is InChI=1S/C4H9NO2S.H3NOS/c1-8-2-3(5)4(6)7;1-3-2/h3H,2,5H2,1H3,(H,6,7);1H,3H2/t3-;/m0./s1. The minimum atomic E-state index is -0.931. The number of nitrogens with one attached hydrogen (secondary N) is 1. The zero-order chi connectivity index (χ0) is 9.28. The number of aliphatic carboxylic acids is 1. The van der Waals surface area contributed by atoms with Crippen LogP contribution in [0.15, 0.2) is 0 Å². The maximum atomic E-state index is 9.95. The molecule has 0 aliphatic heterocycles. The van der Waals surface area contributed by atoms with Gasteiger partial charge in [-0.2, -0.15) is 11.8 Å². The molecule has 0 saturated heterocycles. The van der Waals surface area contributed by atoms with Crippen LogP contribution in [0.2, 0.25) is 0 Å². The Labute approximate surface area is 72.4 Å². The van der Waals surface area contributed by atoms with E-state index >= 15 is 0 Å². The topological polar surface area (TPSA) is 104 Å². The van der Waals surface area contributed by atoms with Crippen LogP contribution in [0.4, 0.5) is 0 Å². The normalized spacial score (nSPS) is 12.2. The number of hydrogen-bond donors (Lipinski definition) is 3. The van der Waals surface area contributed by atoms with E-state index in [9.17, 15) is 4.79 Å². The maximum Gasteiger partial charge on any atom is 0.321 e. The highest BCUT2D eigenvalue weighted by Gasteiger charge is 2.08. The summed E-state index contributed by atoms with van der Waals surface area (Å²) in [5.74, 6) is -0.450. The molecule has 11 heavy (non-hydrogen) atoms. The summed E-state index contributed by atoms with van der Waals surface area (Å²) < 4.78 is 14.3. The molecule has 0 aliphatic rings. The van der Waals surface area contributed by atoms with Gasteiger partial charge in [0, 0.05) is 17.2 Å². The largest absolute Gasteiger partial charge is 0.480 e. The summed E-state index contributed by atoms with van der Waals surface area (Å²) in [4.78, 5) is 9.95. The first-order valence-electron chi connectivity index (χ1n) is 2.61. The first kappa shape index (κ1) is 13.3. The average molecular weight is 200 g/mol. The van der Waals surface area contributed by atoms with Crippen molar-refractivity contribution in [1.82, 2.24) is 0 Å². The van der Waals surface area contributed by atoms with Crippen molar-refractivity contribution in [3.8, 4) is 0 Å². The summed E-state index contributed by atoms with van der Waals surface area (Å²) in [7, 11) is 0. The molecule has 0 aromatic rings. The number of carboxylic acids is 1. The summed E-state index contributed by atoms with van der Waals surface area (Å²) in [6, 6.07) is -0.704. The van der Waals surface area contributed by atoms with E-state index in [1.165, 1.54) is 11.8 Å². The summed E-state index contributed by atoms with van der Waals surface area (Å²) in [6.07, 6.45) is 1.82. The molecular weight excluding hydrogens is 188 g/mol. The van der Waals surface area contributed by atoms with Gasteiger partial charge in [0.05, 0.1) is 0 Å². The zero-order valence-electron chi connectivity index (χ0n) is 6.03. The lowest BCUT2D eigenvalue weighted by atomic mass is 10.4. The monoisotopic (exact) mass is 200 g/mol. The van der Waals surface area contributed by atoms with Crippen LogP contribution in [0.1, 0.15) is 0 Å². The molecule has 0 aliphatic carbocycles. The summed E-state index contributed by atoms with van der Waals surface area (Å²) in [6.45, 7) is 0. The number of rotatable bonds is 3. The molecule has 68 valence electrons. The van der Waals surface area contributed by atoms with Crippen LogP contribution in [0, 0.1) is 4.78 Å². The van der Waals surface area contributed by atoms with Crippen LogP contribution < -0.4 is 5.73 Å². The molecule has 0 amide bonds. The second-order valence-electron chi connectivity index (χ2n) is 1.50. The highest BCUT2D eigenvalue weighted by atomic mass is 32.2. The van der Waals surface area contributed by atoms with E-state index in [1.54, 1.807) is 0 Å². The van der Waals surface area contributed by atoms with Gasteiger partial charge in [0.15, 0.2) is 0 Å². The van der Waals surface area contributed by atoms with E-state index in [1.807, 2.05) is 6.26 Å². The molecule has 0 heterocycles. The molecule has 0 bridgehead atoms. The lowest BCUT2D eigenvalue weighted by Gasteiger charge is -2.00. The van der Waals surface area contributed by atoms with Crippen molar-refractivity contribution in [1.29, 1.82) is 4.78 Å². The summed E-state index contributed by atoms with van der Waals surface area (Å²) >= 11 is 0.516. The molecule has 0 saturated carbocycles. The molecule has 0 rings (SSSR count). The zero-order valence-corrected chi connectivity index (χ0v) is 7.85. The Kier molecular flexibility index (Phi) is 11.8. The summed E-state index contributed by atoms with van der Waals surface area (Å²) in [5, 5.41) is 8.17. The summed E-state index contributed by atoms with van der Waals surface area (Å²) in [5.41, 5.74) is 5.11. The Balaban J connectivity index is 0. The third kappa shape index (κ3) is 12.8. The Morgan fingerprint density at radius 3 is 2.36 bits per heavy atom. The van der Waals surface area contributed by atoms with Gasteiger partial charge < -0.3 is 10.8 Å². The van der Waals surface area contributed by atoms with Crippen LogP contribution in [-0.4, -0.2) is 33.3 Å². The highest BCUT2D eigenvalue weighted by Crippen LogP contribution is 1.93. The van der Waals surface area contributed by atoms with Crippen molar-refractivity contribution in [3.05, 3.63) is 0 Å². The van der Waals surface area contributed by atoms with Gasteiger partial charge in [-0.05, 0) is 6.26 Å². The molecule has 0 unspecified atom stereocenters. The van der Waals surface area contributed by atoms with E-state index in [2.05, 4.69) is 0 Å². The second-order valence-corrected chi connectivity index (χ2v) is 2.62. The lowest BCUT2D eigenvalue weighted by Crippen LogP contribution is -2.32. The van der Waals surface area contributed by atoms with Crippen LogP contribution in [-0.2, 0) is 16.3 Å². The van der Waals surface area contributed by atoms with Crippen LogP contribution >= 0.6 is 11.8 Å². The molecular formula is C4H12N2O3S2. The molecule has 1 atom stereocenters. The molecule has 0 spiro atoms. The van der Waals surface area contributed by atoms with E-state index in [4.69, 9.17) is 19.8 Å². The Morgan fingerprint density at radius 2 is 2.27 bits per heavy atom. The Bertz CT molecular complexity index is 146. The molecule has 0 radical (unpaired) electrons. The predicted octanol–water partition coefficient (Wildman–Crippen LogP) is -0.812. The van der Waals surface area contributed by atoms with E-state index in [0.29, 0.717) is 5.75 Å². The van der Waals surface area contributed by atoms with E-state index in [0.717, 1.165) is 0 Å². The molecule has 0 fully saturated rings. The van der Waals surface area contributed by atoms with E-state index < -0.39 is 23.5 Å². The number of carboxylic acid groups (broad SMARTS) is 1. The highest BCUT2D eigenvalue weighted by molar-refractivity contribution is 7.98. The van der Waals surface area contributed by atoms with Crippen molar-refractivity contribution >= 4 is 29.2 Å². The van der Waals surface area contributed by atoms with Crippen molar-refractivity contribution in [2.45, 2.75) is 6.04 Å². The minimum Gasteiger partial charge on any atom is -0.480 e.